The van der Waals surface area contributed by atoms with Gasteiger partial charge in [0.1, 0.15) is 6.33 Å². The van der Waals surface area contributed by atoms with Crippen molar-refractivity contribution in [1.29, 1.82) is 0 Å². The van der Waals surface area contributed by atoms with E-state index in [-0.39, 0.29) is 17.9 Å². The van der Waals surface area contributed by atoms with Crippen LogP contribution >= 0.6 is 0 Å². The molecular formula is C19H32N6O. The van der Waals surface area contributed by atoms with Gasteiger partial charge in [0.05, 0.1) is 11.9 Å². The average Bonchev–Trinajstić information content (AvgIpc) is 2.68. The summed E-state index contributed by atoms with van der Waals surface area (Å²) in [6.07, 6.45) is 6.32. The van der Waals surface area contributed by atoms with Crippen LogP contribution in [0.15, 0.2) is 12.5 Å². The predicted molar refractivity (Wildman–Crippen MR) is 105 cm³/mol. The van der Waals surface area contributed by atoms with Crippen LogP contribution in [0.4, 0.5) is 11.5 Å². The summed E-state index contributed by atoms with van der Waals surface area (Å²) in [5.74, 6) is 1.37. The van der Waals surface area contributed by atoms with Crippen molar-refractivity contribution in [2.75, 3.05) is 56.1 Å². The Balaban J connectivity index is 1.62. The lowest BCUT2D eigenvalue weighted by molar-refractivity contribution is -0.126. The summed E-state index contributed by atoms with van der Waals surface area (Å²) in [5, 5.41) is 3.13. The van der Waals surface area contributed by atoms with Crippen LogP contribution in [0, 0.1) is 5.92 Å². The number of piperidine rings is 1. The first kappa shape index (κ1) is 18.9. The molecule has 3 rings (SSSR count). The number of nitrogens with zero attached hydrogens (tertiary/aromatic N) is 5. The molecule has 1 N–H and O–H groups in total. The number of carbonyl (C=O) groups excluding carboxylic acids is 1. The number of aromatic nitrogens is 2. The number of hydrogen-bond donors (Lipinski definition) is 1. The molecule has 2 aliphatic rings. The molecule has 144 valence electrons. The fraction of sp³-hybridized carbons (Fsp3) is 0.737. The third-order valence-electron chi connectivity index (χ3n) is 5.68. The maximum atomic E-state index is 12.4. The standard InChI is InChI=1S/C19H32N6O/c1-4-15(2)22-19(26)16-5-7-24(8-6-16)17-13-20-14-21-18(17)25-11-9-23(3)10-12-25/h13-16H,4-12H2,1-3H3,(H,22,26). The van der Waals surface area contributed by atoms with Gasteiger partial charge in [-0.15, -0.1) is 0 Å². The second kappa shape index (κ2) is 8.66. The van der Waals surface area contributed by atoms with Crippen LogP contribution in [0.1, 0.15) is 33.1 Å². The van der Waals surface area contributed by atoms with Crippen molar-refractivity contribution < 1.29 is 4.79 Å². The van der Waals surface area contributed by atoms with Crippen LogP contribution in [-0.4, -0.2) is 73.1 Å². The average molecular weight is 361 g/mol. The summed E-state index contributed by atoms with van der Waals surface area (Å²) < 4.78 is 0. The number of anilines is 2. The third-order valence-corrected chi connectivity index (χ3v) is 5.68. The van der Waals surface area contributed by atoms with Gasteiger partial charge in [-0.1, -0.05) is 6.92 Å². The first-order valence-corrected chi connectivity index (χ1v) is 9.87. The lowest BCUT2D eigenvalue weighted by atomic mass is 9.95. The molecule has 2 saturated heterocycles. The molecule has 2 fully saturated rings. The summed E-state index contributed by atoms with van der Waals surface area (Å²) >= 11 is 0. The van der Waals surface area contributed by atoms with E-state index in [1.165, 1.54) is 0 Å². The molecule has 1 amide bonds. The second-order valence-corrected chi connectivity index (χ2v) is 7.60. The predicted octanol–water partition coefficient (Wildman–Crippen LogP) is 1.36. The molecule has 2 aliphatic heterocycles. The number of likely N-dealkylation sites (N-methyl/N-ethyl adjacent to an activating group) is 1. The molecule has 1 unspecified atom stereocenters. The fourth-order valence-corrected chi connectivity index (χ4v) is 3.65. The van der Waals surface area contributed by atoms with E-state index < -0.39 is 0 Å². The Morgan fingerprint density at radius 3 is 2.54 bits per heavy atom. The van der Waals surface area contributed by atoms with Gasteiger partial charge in [0.2, 0.25) is 5.91 Å². The molecule has 1 atom stereocenters. The van der Waals surface area contributed by atoms with Gasteiger partial charge in [0.15, 0.2) is 5.82 Å². The van der Waals surface area contributed by atoms with Crippen LogP contribution in [-0.2, 0) is 4.79 Å². The van der Waals surface area contributed by atoms with Crippen molar-refractivity contribution in [1.82, 2.24) is 20.2 Å². The number of amides is 1. The zero-order valence-corrected chi connectivity index (χ0v) is 16.3. The lowest BCUT2D eigenvalue weighted by Crippen LogP contribution is -2.46. The van der Waals surface area contributed by atoms with Gasteiger partial charge in [0.25, 0.3) is 0 Å². The Morgan fingerprint density at radius 1 is 1.19 bits per heavy atom. The molecule has 26 heavy (non-hydrogen) atoms. The van der Waals surface area contributed by atoms with E-state index in [1.807, 2.05) is 6.20 Å². The van der Waals surface area contributed by atoms with E-state index in [4.69, 9.17) is 0 Å². The minimum Gasteiger partial charge on any atom is -0.367 e. The first-order chi connectivity index (χ1) is 12.6. The molecule has 7 heteroatoms. The van der Waals surface area contributed by atoms with Crippen molar-refractivity contribution >= 4 is 17.4 Å². The minimum absolute atomic E-state index is 0.122. The van der Waals surface area contributed by atoms with Gasteiger partial charge in [-0.25, -0.2) is 9.97 Å². The summed E-state index contributed by atoms with van der Waals surface area (Å²) in [6.45, 7) is 10.0. The van der Waals surface area contributed by atoms with Crippen LogP contribution in [0.25, 0.3) is 0 Å². The summed E-state index contributed by atoms with van der Waals surface area (Å²) in [4.78, 5) is 28.3. The van der Waals surface area contributed by atoms with Crippen molar-refractivity contribution in [2.24, 2.45) is 5.92 Å². The lowest BCUT2D eigenvalue weighted by Gasteiger charge is -2.38. The molecule has 0 saturated carbocycles. The zero-order valence-electron chi connectivity index (χ0n) is 16.3. The van der Waals surface area contributed by atoms with Crippen molar-refractivity contribution in [3.63, 3.8) is 0 Å². The number of rotatable bonds is 5. The highest BCUT2D eigenvalue weighted by Gasteiger charge is 2.28. The van der Waals surface area contributed by atoms with Gasteiger partial charge in [-0.05, 0) is 33.2 Å². The number of hydrogen-bond acceptors (Lipinski definition) is 6. The van der Waals surface area contributed by atoms with Crippen LogP contribution in [0.5, 0.6) is 0 Å². The van der Waals surface area contributed by atoms with E-state index in [0.717, 1.165) is 70.0 Å². The summed E-state index contributed by atoms with van der Waals surface area (Å²) in [7, 11) is 2.16. The van der Waals surface area contributed by atoms with Crippen molar-refractivity contribution in [3.05, 3.63) is 12.5 Å². The molecular weight excluding hydrogens is 328 g/mol. The van der Waals surface area contributed by atoms with Gasteiger partial charge in [-0.3, -0.25) is 4.79 Å². The summed E-state index contributed by atoms with van der Waals surface area (Å²) in [6, 6.07) is 0.256. The van der Waals surface area contributed by atoms with Crippen LogP contribution in [0.2, 0.25) is 0 Å². The highest BCUT2D eigenvalue weighted by Crippen LogP contribution is 2.30. The molecule has 0 spiro atoms. The van der Waals surface area contributed by atoms with E-state index in [2.05, 4.69) is 50.9 Å². The normalized spacial score (nSPS) is 20.9. The van der Waals surface area contributed by atoms with Crippen molar-refractivity contribution in [3.8, 4) is 0 Å². The van der Waals surface area contributed by atoms with Gasteiger partial charge >= 0.3 is 0 Å². The topological polar surface area (TPSA) is 64.6 Å². The third kappa shape index (κ3) is 4.44. The molecule has 0 aromatic carbocycles. The first-order valence-electron chi connectivity index (χ1n) is 9.87. The SMILES string of the molecule is CCC(C)NC(=O)C1CCN(c2cncnc2N2CCN(C)CC2)CC1. The minimum atomic E-state index is 0.122. The monoisotopic (exact) mass is 360 g/mol. The van der Waals surface area contributed by atoms with Crippen molar-refractivity contribution in [2.45, 2.75) is 39.2 Å². The largest absolute Gasteiger partial charge is 0.367 e. The maximum Gasteiger partial charge on any atom is 0.223 e. The number of piperazine rings is 1. The van der Waals surface area contributed by atoms with E-state index in [9.17, 15) is 4.79 Å². The Morgan fingerprint density at radius 2 is 1.88 bits per heavy atom. The Hall–Kier alpha value is -1.89. The highest BCUT2D eigenvalue weighted by atomic mass is 16.1. The maximum absolute atomic E-state index is 12.4. The second-order valence-electron chi connectivity index (χ2n) is 7.60. The Bertz CT molecular complexity index is 593. The highest BCUT2D eigenvalue weighted by molar-refractivity contribution is 5.79. The molecule has 0 aliphatic carbocycles. The Kier molecular flexibility index (Phi) is 6.29. The van der Waals surface area contributed by atoms with Gasteiger partial charge in [0, 0.05) is 51.2 Å². The Labute approximate surface area is 156 Å². The number of carbonyl (C=O) groups is 1. The molecule has 7 nitrogen and oxygen atoms in total. The van der Waals surface area contributed by atoms with Crippen LogP contribution < -0.4 is 15.1 Å². The van der Waals surface area contributed by atoms with Crippen LogP contribution in [0.3, 0.4) is 0 Å². The molecule has 0 radical (unpaired) electrons. The molecule has 1 aromatic heterocycles. The van der Waals surface area contributed by atoms with Gasteiger partial charge < -0.3 is 20.0 Å². The molecule has 3 heterocycles. The zero-order chi connectivity index (χ0) is 18.5. The van der Waals surface area contributed by atoms with E-state index in [0.29, 0.717) is 0 Å². The van der Waals surface area contributed by atoms with E-state index >= 15 is 0 Å². The smallest absolute Gasteiger partial charge is 0.223 e. The molecule has 0 bridgehead atoms. The van der Waals surface area contributed by atoms with E-state index in [1.54, 1.807) is 6.33 Å². The summed E-state index contributed by atoms with van der Waals surface area (Å²) in [5.41, 5.74) is 1.11. The number of nitrogens with one attached hydrogen (secondary N) is 1. The van der Waals surface area contributed by atoms with Gasteiger partial charge in [-0.2, -0.15) is 0 Å². The molecule has 1 aromatic rings. The fourth-order valence-electron chi connectivity index (χ4n) is 3.65. The quantitative estimate of drug-likeness (QED) is 0.855.